The fourth-order valence-corrected chi connectivity index (χ4v) is 2.13. The Kier molecular flexibility index (Phi) is 5.56. The first-order valence-corrected chi connectivity index (χ1v) is 7.50. The van der Waals surface area contributed by atoms with Crippen molar-refractivity contribution in [2.45, 2.75) is 33.0 Å². The van der Waals surface area contributed by atoms with Gasteiger partial charge in [0.1, 0.15) is 12.4 Å². The molecule has 0 aliphatic heterocycles. The quantitative estimate of drug-likeness (QED) is 0.869. The molecule has 4 heteroatoms. The van der Waals surface area contributed by atoms with Crippen molar-refractivity contribution in [2.24, 2.45) is 0 Å². The molecule has 0 spiro atoms. The first-order chi connectivity index (χ1) is 9.65. The van der Waals surface area contributed by atoms with Gasteiger partial charge in [-0.2, -0.15) is 0 Å². The number of para-hydroxylation sites is 1. The molecular weight excluding hydrogens is 316 g/mol. The predicted octanol–water partition coefficient (Wildman–Crippen LogP) is 3.92. The highest BCUT2D eigenvalue weighted by molar-refractivity contribution is 9.10. The number of hydrogen-bond donors (Lipinski definition) is 1. The number of rotatable bonds is 6. The highest BCUT2D eigenvalue weighted by Crippen LogP contribution is 2.24. The maximum Gasteiger partial charge on any atom is 0.134 e. The normalized spacial score (nSPS) is 10.8. The van der Waals surface area contributed by atoms with E-state index in [9.17, 15) is 0 Å². The maximum atomic E-state index is 5.77. The summed E-state index contributed by atoms with van der Waals surface area (Å²) in [6.45, 7) is 5.50. The number of aromatic nitrogens is 1. The summed E-state index contributed by atoms with van der Waals surface area (Å²) >= 11 is 3.47. The van der Waals surface area contributed by atoms with Crippen LogP contribution in [0.25, 0.3) is 0 Å². The summed E-state index contributed by atoms with van der Waals surface area (Å²) in [5, 5.41) is 3.36. The van der Waals surface area contributed by atoms with E-state index in [4.69, 9.17) is 4.74 Å². The number of ether oxygens (including phenoxy) is 1. The molecule has 0 radical (unpaired) electrons. The van der Waals surface area contributed by atoms with E-state index in [2.05, 4.69) is 40.1 Å². The van der Waals surface area contributed by atoms with Gasteiger partial charge in [-0.25, -0.2) is 0 Å². The molecule has 0 aliphatic rings. The van der Waals surface area contributed by atoms with E-state index in [0.717, 1.165) is 28.2 Å². The van der Waals surface area contributed by atoms with Crippen LogP contribution in [0.5, 0.6) is 5.75 Å². The lowest BCUT2D eigenvalue weighted by Gasteiger charge is -2.10. The van der Waals surface area contributed by atoms with Crippen LogP contribution in [0.4, 0.5) is 0 Å². The van der Waals surface area contributed by atoms with Crippen molar-refractivity contribution in [3.8, 4) is 5.75 Å². The molecule has 2 aromatic rings. The van der Waals surface area contributed by atoms with E-state index in [1.165, 1.54) is 0 Å². The number of halogens is 1. The summed E-state index contributed by atoms with van der Waals surface area (Å²) < 4.78 is 6.73. The van der Waals surface area contributed by atoms with Crippen LogP contribution in [-0.4, -0.2) is 11.0 Å². The summed E-state index contributed by atoms with van der Waals surface area (Å²) in [6.07, 6.45) is 0. The molecule has 1 heterocycles. The van der Waals surface area contributed by atoms with E-state index in [1.54, 1.807) is 0 Å². The van der Waals surface area contributed by atoms with Gasteiger partial charge in [0.2, 0.25) is 0 Å². The average Bonchev–Trinajstić information content (AvgIpc) is 2.45. The van der Waals surface area contributed by atoms with Gasteiger partial charge in [-0.3, -0.25) is 4.98 Å². The molecule has 3 nitrogen and oxygen atoms in total. The summed E-state index contributed by atoms with van der Waals surface area (Å²) in [4.78, 5) is 4.59. The second-order valence-electron chi connectivity index (χ2n) is 4.87. The van der Waals surface area contributed by atoms with Gasteiger partial charge >= 0.3 is 0 Å². The minimum absolute atomic E-state index is 0.456. The van der Waals surface area contributed by atoms with Crippen LogP contribution in [0.2, 0.25) is 0 Å². The largest absolute Gasteiger partial charge is 0.486 e. The average molecular weight is 335 g/mol. The second-order valence-corrected chi connectivity index (χ2v) is 5.73. The Labute approximate surface area is 128 Å². The lowest BCUT2D eigenvalue weighted by Crippen LogP contribution is -2.22. The number of pyridine rings is 1. The van der Waals surface area contributed by atoms with Crippen molar-refractivity contribution < 1.29 is 4.74 Å². The van der Waals surface area contributed by atoms with Crippen molar-refractivity contribution in [1.82, 2.24) is 10.3 Å². The van der Waals surface area contributed by atoms with Crippen molar-refractivity contribution in [3.05, 3.63) is 58.3 Å². The topological polar surface area (TPSA) is 34.1 Å². The summed E-state index contributed by atoms with van der Waals surface area (Å²) in [5.41, 5.74) is 1.97. The van der Waals surface area contributed by atoms with Gasteiger partial charge in [-0.1, -0.05) is 32.0 Å². The lowest BCUT2D eigenvalue weighted by molar-refractivity contribution is 0.299. The molecule has 1 aromatic carbocycles. The van der Waals surface area contributed by atoms with Crippen LogP contribution in [0.1, 0.15) is 25.2 Å². The van der Waals surface area contributed by atoms with Crippen molar-refractivity contribution in [3.63, 3.8) is 0 Å². The van der Waals surface area contributed by atoms with Crippen LogP contribution in [0, 0.1) is 0 Å². The number of nitrogens with one attached hydrogen (secondary N) is 1. The highest BCUT2D eigenvalue weighted by atomic mass is 79.9. The third-order valence-corrected chi connectivity index (χ3v) is 3.42. The fraction of sp³-hybridized carbons (Fsp3) is 0.312. The lowest BCUT2D eigenvalue weighted by atomic mass is 10.3. The third-order valence-electron chi connectivity index (χ3n) is 2.77. The fourth-order valence-electron chi connectivity index (χ4n) is 1.73. The van der Waals surface area contributed by atoms with Crippen LogP contribution >= 0.6 is 15.9 Å². The van der Waals surface area contributed by atoms with Gasteiger partial charge in [0.05, 0.1) is 15.9 Å². The first kappa shape index (κ1) is 15.0. The molecule has 20 heavy (non-hydrogen) atoms. The Morgan fingerprint density at radius 2 is 1.85 bits per heavy atom. The van der Waals surface area contributed by atoms with E-state index >= 15 is 0 Å². The summed E-state index contributed by atoms with van der Waals surface area (Å²) in [7, 11) is 0. The Morgan fingerprint density at radius 1 is 1.10 bits per heavy atom. The van der Waals surface area contributed by atoms with Crippen LogP contribution in [0.15, 0.2) is 46.9 Å². The Bertz CT molecular complexity index is 558. The Balaban J connectivity index is 1.96. The van der Waals surface area contributed by atoms with Gasteiger partial charge in [-0.05, 0) is 40.2 Å². The smallest absolute Gasteiger partial charge is 0.134 e. The van der Waals surface area contributed by atoms with E-state index in [0.29, 0.717) is 12.6 Å². The summed E-state index contributed by atoms with van der Waals surface area (Å²) in [5.74, 6) is 0.833. The molecular formula is C16H19BrN2O. The maximum absolute atomic E-state index is 5.77. The first-order valence-electron chi connectivity index (χ1n) is 6.70. The second kappa shape index (κ2) is 7.41. The zero-order chi connectivity index (χ0) is 14.4. The van der Waals surface area contributed by atoms with Crippen molar-refractivity contribution in [2.75, 3.05) is 0 Å². The van der Waals surface area contributed by atoms with Crippen LogP contribution in [-0.2, 0) is 13.2 Å². The molecule has 106 valence electrons. The minimum Gasteiger partial charge on any atom is -0.486 e. The molecule has 1 N–H and O–H groups in total. The minimum atomic E-state index is 0.456. The molecule has 0 atom stereocenters. The van der Waals surface area contributed by atoms with Gasteiger partial charge in [-0.15, -0.1) is 0 Å². The standard InChI is InChI=1S/C16H19BrN2O/c1-12(2)18-10-13-6-5-7-14(19-13)11-20-16-9-4-3-8-15(16)17/h3-9,12,18H,10-11H2,1-2H3. The molecule has 0 aliphatic carbocycles. The number of nitrogens with zero attached hydrogens (tertiary/aromatic N) is 1. The van der Waals surface area contributed by atoms with Gasteiger partial charge < -0.3 is 10.1 Å². The van der Waals surface area contributed by atoms with Gasteiger partial charge in [0, 0.05) is 12.6 Å². The molecule has 0 unspecified atom stereocenters. The zero-order valence-corrected chi connectivity index (χ0v) is 13.4. The Hall–Kier alpha value is -1.39. The SMILES string of the molecule is CC(C)NCc1cccc(COc2ccccc2Br)n1. The van der Waals surface area contributed by atoms with E-state index in [-0.39, 0.29) is 0 Å². The molecule has 0 bridgehead atoms. The van der Waals surface area contributed by atoms with Crippen LogP contribution in [0.3, 0.4) is 0 Å². The monoisotopic (exact) mass is 334 g/mol. The molecule has 0 fully saturated rings. The molecule has 0 amide bonds. The molecule has 1 aromatic heterocycles. The van der Waals surface area contributed by atoms with Gasteiger partial charge in [0.25, 0.3) is 0 Å². The highest BCUT2D eigenvalue weighted by Gasteiger charge is 2.03. The zero-order valence-electron chi connectivity index (χ0n) is 11.8. The van der Waals surface area contributed by atoms with Crippen LogP contribution < -0.4 is 10.1 Å². The predicted molar refractivity (Wildman–Crippen MR) is 84.7 cm³/mol. The number of hydrogen-bond acceptors (Lipinski definition) is 3. The molecule has 0 saturated carbocycles. The van der Waals surface area contributed by atoms with Crippen molar-refractivity contribution in [1.29, 1.82) is 0 Å². The summed E-state index contributed by atoms with van der Waals surface area (Å²) in [6, 6.07) is 14.3. The molecule has 0 saturated heterocycles. The third kappa shape index (κ3) is 4.62. The van der Waals surface area contributed by atoms with E-state index < -0.39 is 0 Å². The molecule has 2 rings (SSSR count). The van der Waals surface area contributed by atoms with Crippen molar-refractivity contribution >= 4 is 15.9 Å². The number of benzene rings is 1. The van der Waals surface area contributed by atoms with Gasteiger partial charge in [0.15, 0.2) is 0 Å². The Morgan fingerprint density at radius 3 is 2.60 bits per heavy atom. The van der Waals surface area contributed by atoms with E-state index in [1.807, 2.05) is 42.5 Å².